The summed E-state index contributed by atoms with van der Waals surface area (Å²) in [5.41, 5.74) is 6.28. The van der Waals surface area contributed by atoms with Gasteiger partial charge in [-0.15, -0.1) is 0 Å². The normalized spacial score (nSPS) is 20.6. The lowest BCUT2D eigenvalue weighted by atomic mass is 10.2. The molecule has 1 aromatic heterocycles. The zero-order valence-corrected chi connectivity index (χ0v) is 13.1. The fraction of sp³-hybridized carbons (Fsp3) is 0.400. The van der Waals surface area contributed by atoms with Gasteiger partial charge in [-0.05, 0) is 25.0 Å². The number of hydrogen-bond donors (Lipinski definition) is 2. The Labute approximate surface area is 138 Å². The topological polar surface area (TPSA) is 103 Å². The highest BCUT2D eigenvalue weighted by Crippen LogP contribution is 2.20. The minimum Gasteiger partial charge on any atom is -0.364 e. The van der Waals surface area contributed by atoms with Crippen LogP contribution in [-0.2, 0) is 16.1 Å². The maximum absolute atomic E-state index is 12.0. The van der Waals surface area contributed by atoms with Crippen molar-refractivity contribution < 1.29 is 14.1 Å². The van der Waals surface area contributed by atoms with Gasteiger partial charge in [-0.2, -0.15) is 4.98 Å². The first-order chi connectivity index (χ1) is 11.2. The molecule has 1 aliphatic heterocycles. The monoisotopic (exact) mass is 336 g/mol. The Morgan fingerprint density at radius 1 is 1.43 bits per heavy atom. The lowest BCUT2D eigenvalue weighted by Gasteiger charge is -2.11. The molecule has 1 amide bonds. The first kappa shape index (κ1) is 15.9. The third-order valence-corrected chi connectivity index (χ3v) is 3.86. The van der Waals surface area contributed by atoms with E-state index in [4.69, 9.17) is 26.6 Å². The van der Waals surface area contributed by atoms with E-state index in [9.17, 15) is 4.79 Å². The number of nitrogens with zero attached hydrogens (tertiary/aromatic N) is 2. The molecule has 0 spiro atoms. The highest BCUT2D eigenvalue weighted by Gasteiger charge is 2.29. The molecule has 8 heteroatoms. The number of carbonyl (C=O) groups is 1. The molecule has 122 valence electrons. The van der Waals surface area contributed by atoms with E-state index in [1.54, 1.807) is 18.2 Å². The van der Waals surface area contributed by atoms with E-state index in [0.29, 0.717) is 29.7 Å². The number of nitrogens with one attached hydrogen (secondary N) is 1. The van der Waals surface area contributed by atoms with Gasteiger partial charge >= 0.3 is 0 Å². The van der Waals surface area contributed by atoms with E-state index in [0.717, 1.165) is 12.0 Å². The molecule has 1 saturated heterocycles. The Morgan fingerprint density at radius 3 is 3.04 bits per heavy atom. The number of ether oxygens (including phenoxy) is 1. The molecule has 1 aromatic carbocycles. The van der Waals surface area contributed by atoms with Gasteiger partial charge in [0.1, 0.15) is 6.10 Å². The number of rotatable bonds is 5. The van der Waals surface area contributed by atoms with E-state index >= 15 is 0 Å². The second kappa shape index (κ2) is 7.08. The van der Waals surface area contributed by atoms with Crippen LogP contribution in [0.1, 0.15) is 18.7 Å². The highest BCUT2D eigenvalue weighted by atomic mass is 35.5. The van der Waals surface area contributed by atoms with Crippen LogP contribution >= 0.6 is 11.6 Å². The van der Waals surface area contributed by atoms with Crippen molar-refractivity contribution in [3.8, 4) is 11.4 Å². The Morgan fingerprint density at radius 2 is 2.30 bits per heavy atom. The van der Waals surface area contributed by atoms with Gasteiger partial charge in [-0.3, -0.25) is 4.79 Å². The predicted molar refractivity (Wildman–Crippen MR) is 83.5 cm³/mol. The number of hydrogen-bond acceptors (Lipinski definition) is 6. The molecule has 0 aliphatic carbocycles. The maximum atomic E-state index is 12.0. The number of aromatic nitrogens is 2. The van der Waals surface area contributed by atoms with Crippen molar-refractivity contribution in [2.75, 3.05) is 6.54 Å². The summed E-state index contributed by atoms with van der Waals surface area (Å²) in [6.45, 7) is 0.579. The van der Waals surface area contributed by atoms with E-state index in [2.05, 4.69) is 15.5 Å². The summed E-state index contributed by atoms with van der Waals surface area (Å²) < 4.78 is 10.7. The molecule has 3 rings (SSSR count). The molecule has 2 heterocycles. The van der Waals surface area contributed by atoms with Crippen LogP contribution in [0, 0.1) is 0 Å². The quantitative estimate of drug-likeness (QED) is 0.857. The average Bonchev–Trinajstić information content (AvgIpc) is 3.22. The van der Waals surface area contributed by atoms with Crippen LogP contribution in [0.5, 0.6) is 0 Å². The Kier molecular flexibility index (Phi) is 4.90. The average molecular weight is 337 g/mol. The standard InChI is InChI=1S/C15H17ClN4O3/c16-10-3-1-2-9(6-10)14-19-13(23-20-14)8-18-15(21)12-5-4-11(7-17)22-12/h1-3,6,11-12H,4-5,7-8,17H2,(H,18,21)/t11-,12+/m1/s1. The first-order valence-electron chi connectivity index (χ1n) is 7.37. The SMILES string of the molecule is NC[C@H]1CC[C@@H](C(=O)NCc2nc(-c3cccc(Cl)c3)no2)O1. The van der Waals surface area contributed by atoms with Crippen LogP contribution < -0.4 is 11.1 Å². The number of nitrogens with two attached hydrogens (primary N) is 1. The van der Waals surface area contributed by atoms with Crippen LogP contribution in [-0.4, -0.2) is 34.8 Å². The van der Waals surface area contributed by atoms with Gasteiger partial charge in [-0.25, -0.2) is 0 Å². The molecule has 0 radical (unpaired) electrons. The molecule has 0 bridgehead atoms. The van der Waals surface area contributed by atoms with Crippen molar-refractivity contribution in [1.29, 1.82) is 0 Å². The second-order valence-corrected chi connectivity index (χ2v) is 5.74. The van der Waals surface area contributed by atoms with Crippen molar-refractivity contribution in [3.05, 3.63) is 35.2 Å². The Bertz CT molecular complexity index is 691. The van der Waals surface area contributed by atoms with E-state index < -0.39 is 6.10 Å². The summed E-state index contributed by atoms with van der Waals surface area (Å²) in [6.07, 6.45) is 0.974. The van der Waals surface area contributed by atoms with E-state index in [1.807, 2.05) is 6.07 Å². The molecule has 0 unspecified atom stereocenters. The van der Waals surface area contributed by atoms with E-state index in [1.165, 1.54) is 0 Å². The minimum atomic E-state index is -0.459. The van der Waals surface area contributed by atoms with Crippen LogP contribution in [0.4, 0.5) is 0 Å². The van der Waals surface area contributed by atoms with Gasteiger partial charge in [-0.1, -0.05) is 28.9 Å². The molecule has 2 aromatic rings. The number of carbonyl (C=O) groups excluding carboxylic acids is 1. The van der Waals surface area contributed by atoms with Crippen LogP contribution in [0.25, 0.3) is 11.4 Å². The van der Waals surface area contributed by atoms with Crippen LogP contribution in [0.2, 0.25) is 5.02 Å². The van der Waals surface area contributed by atoms with Crippen LogP contribution in [0.15, 0.2) is 28.8 Å². The lowest BCUT2D eigenvalue weighted by molar-refractivity contribution is -0.132. The molecule has 1 aliphatic rings. The molecule has 3 N–H and O–H groups in total. The lowest BCUT2D eigenvalue weighted by Crippen LogP contribution is -2.35. The zero-order valence-electron chi connectivity index (χ0n) is 12.4. The summed E-state index contributed by atoms with van der Waals surface area (Å²) in [5.74, 6) is 0.558. The summed E-state index contributed by atoms with van der Waals surface area (Å²) in [4.78, 5) is 16.3. The van der Waals surface area contributed by atoms with Gasteiger partial charge in [0.2, 0.25) is 17.6 Å². The number of halogens is 1. The van der Waals surface area contributed by atoms with Crippen LogP contribution in [0.3, 0.4) is 0 Å². The maximum Gasteiger partial charge on any atom is 0.249 e. The molecule has 7 nitrogen and oxygen atoms in total. The third kappa shape index (κ3) is 3.87. The molecular weight excluding hydrogens is 320 g/mol. The second-order valence-electron chi connectivity index (χ2n) is 5.30. The molecule has 2 atom stereocenters. The van der Waals surface area contributed by atoms with Crippen molar-refractivity contribution in [3.63, 3.8) is 0 Å². The smallest absolute Gasteiger partial charge is 0.249 e. The van der Waals surface area contributed by atoms with Gasteiger partial charge in [0.15, 0.2) is 0 Å². The van der Waals surface area contributed by atoms with Gasteiger partial charge in [0.25, 0.3) is 0 Å². The first-order valence-corrected chi connectivity index (χ1v) is 7.75. The predicted octanol–water partition coefficient (Wildman–Crippen LogP) is 1.51. The van der Waals surface area contributed by atoms with E-state index in [-0.39, 0.29) is 18.6 Å². The van der Waals surface area contributed by atoms with Crippen molar-refractivity contribution in [1.82, 2.24) is 15.5 Å². The van der Waals surface area contributed by atoms with Crippen molar-refractivity contribution in [2.45, 2.75) is 31.6 Å². The summed E-state index contributed by atoms with van der Waals surface area (Å²) in [7, 11) is 0. The molecule has 23 heavy (non-hydrogen) atoms. The van der Waals surface area contributed by atoms with Gasteiger partial charge in [0, 0.05) is 17.1 Å². The number of benzene rings is 1. The fourth-order valence-corrected chi connectivity index (χ4v) is 2.61. The molecule has 1 fully saturated rings. The fourth-order valence-electron chi connectivity index (χ4n) is 2.42. The Hall–Kier alpha value is -1.96. The van der Waals surface area contributed by atoms with Gasteiger partial charge < -0.3 is 20.3 Å². The van der Waals surface area contributed by atoms with Crippen molar-refractivity contribution >= 4 is 17.5 Å². The van der Waals surface area contributed by atoms with Gasteiger partial charge in [0.05, 0.1) is 12.6 Å². The Balaban J connectivity index is 1.56. The number of amides is 1. The summed E-state index contributed by atoms with van der Waals surface area (Å²) >= 11 is 5.93. The minimum absolute atomic E-state index is 0.0383. The third-order valence-electron chi connectivity index (χ3n) is 3.63. The largest absolute Gasteiger partial charge is 0.364 e. The summed E-state index contributed by atoms with van der Waals surface area (Å²) in [6, 6.07) is 7.15. The molecular formula is C15H17ClN4O3. The van der Waals surface area contributed by atoms with Crippen molar-refractivity contribution in [2.24, 2.45) is 5.73 Å². The molecule has 0 saturated carbocycles. The zero-order chi connectivity index (χ0) is 16.2. The highest BCUT2D eigenvalue weighted by molar-refractivity contribution is 6.30. The summed E-state index contributed by atoms with van der Waals surface area (Å²) in [5, 5.41) is 7.21.